The zero-order chi connectivity index (χ0) is 19.3. The lowest BCUT2D eigenvalue weighted by molar-refractivity contribution is 0.0783. The summed E-state index contributed by atoms with van der Waals surface area (Å²) in [5.74, 6) is 0.0440. The molecule has 0 unspecified atom stereocenters. The first-order valence-electron chi connectivity index (χ1n) is 9.47. The van der Waals surface area contributed by atoms with E-state index in [0.29, 0.717) is 12.2 Å². The number of benzene rings is 1. The molecule has 4 aromatic rings. The number of aromatic amines is 1. The highest BCUT2D eigenvalue weighted by Gasteiger charge is 2.29. The Bertz CT molecular complexity index is 1170. The number of fused-ring (bicyclic) bond motifs is 2. The number of pyridine rings is 1. The minimum absolute atomic E-state index is 0.0440. The maximum atomic E-state index is 13.1. The van der Waals surface area contributed by atoms with E-state index in [1.54, 1.807) is 6.20 Å². The Labute approximate surface area is 162 Å². The van der Waals surface area contributed by atoms with E-state index >= 15 is 0 Å². The summed E-state index contributed by atoms with van der Waals surface area (Å²) in [5.41, 5.74) is 4.49. The summed E-state index contributed by atoms with van der Waals surface area (Å²) in [6.45, 7) is 1.40. The monoisotopic (exact) mass is 374 g/mol. The lowest BCUT2D eigenvalue weighted by Crippen LogP contribution is -2.29. The first-order valence-corrected chi connectivity index (χ1v) is 9.47. The zero-order valence-corrected chi connectivity index (χ0v) is 16.0. The van der Waals surface area contributed by atoms with Gasteiger partial charge in [-0.05, 0) is 36.8 Å². The number of H-pyrrole nitrogens is 1. The molecule has 0 bridgehead atoms. The van der Waals surface area contributed by atoms with E-state index in [1.165, 1.54) is 0 Å². The summed E-state index contributed by atoms with van der Waals surface area (Å²) in [7, 11) is 4.02. The third kappa shape index (κ3) is 2.70. The van der Waals surface area contributed by atoms with Crippen molar-refractivity contribution in [3.8, 4) is 0 Å². The van der Waals surface area contributed by atoms with Gasteiger partial charge in [0, 0.05) is 50.0 Å². The van der Waals surface area contributed by atoms with Crippen LogP contribution in [0.2, 0.25) is 0 Å². The van der Waals surface area contributed by atoms with E-state index < -0.39 is 0 Å². The molecule has 1 aliphatic rings. The van der Waals surface area contributed by atoms with Gasteiger partial charge in [-0.3, -0.25) is 4.79 Å². The van der Waals surface area contributed by atoms with Gasteiger partial charge in [-0.2, -0.15) is 0 Å². The van der Waals surface area contributed by atoms with Gasteiger partial charge in [0.2, 0.25) is 0 Å². The van der Waals surface area contributed by atoms with Crippen LogP contribution < -0.4 is 4.90 Å². The average Bonchev–Trinajstić information content (AvgIpc) is 3.43. The average molecular weight is 374 g/mol. The Hall–Kier alpha value is -3.35. The molecule has 1 saturated heterocycles. The Morgan fingerprint density at radius 1 is 1.21 bits per heavy atom. The Morgan fingerprint density at radius 3 is 2.96 bits per heavy atom. The molecular weight excluding hydrogens is 352 g/mol. The second-order valence-corrected chi connectivity index (χ2v) is 7.54. The summed E-state index contributed by atoms with van der Waals surface area (Å²) in [5, 5.41) is 1.05. The van der Waals surface area contributed by atoms with Gasteiger partial charge in [-0.15, -0.1) is 0 Å². The lowest BCUT2D eigenvalue weighted by atomic mass is 10.2. The number of hydrogen-bond acceptors (Lipinski definition) is 4. The molecule has 4 heterocycles. The molecule has 0 radical (unpaired) electrons. The lowest BCUT2D eigenvalue weighted by Gasteiger charge is -2.16. The van der Waals surface area contributed by atoms with Crippen molar-refractivity contribution in [1.82, 2.24) is 24.4 Å². The fraction of sp³-hybridized carbons (Fsp3) is 0.286. The third-order valence-corrected chi connectivity index (χ3v) is 5.53. The SMILES string of the molecule is CN(C)c1ccc2cc(C(=O)N3CC[C@H](n4cnc5cccnc54)C3)[nH]c2c1. The van der Waals surface area contributed by atoms with Gasteiger partial charge in [0.05, 0.1) is 12.4 Å². The topological polar surface area (TPSA) is 70.1 Å². The molecule has 7 heteroatoms. The van der Waals surface area contributed by atoms with Crippen LogP contribution in [0.25, 0.3) is 22.1 Å². The van der Waals surface area contributed by atoms with Crippen molar-refractivity contribution in [3.63, 3.8) is 0 Å². The second kappa shape index (κ2) is 6.37. The molecule has 5 rings (SSSR count). The van der Waals surface area contributed by atoms with Gasteiger partial charge >= 0.3 is 0 Å². The van der Waals surface area contributed by atoms with Crippen molar-refractivity contribution in [3.05, 3.63) is 54.6 Å². The van der Waals surface area contributed by atoms with Gasteiger partial charge in [0.25, 0.3) is 5.91 Å². The van der Waals surface area contributed by atoms with Crippen LogP contribution in [0.1, 0.15) is 23.0 Å². The van der Waals surface area contributed by atoms with Crippen LogP contribution in [-0.2, 0) is 0 Å². The number of rotatable bonds is 3. The number of nitrogens with one attached hydrogen (secondary N) is 1. The van der Waals surface area contributed by atoms with Gasteiger partial charge < -0.3 is 19.4 Å². The van der Waals surface area contributed by atoms with E-state index in [2.05, 4.69) is 36.6 Å². The maximum absolute atomic E-state index is 13.1. The smallest absolute Gasteiger partial charge is 0.270 e. The van der Waals surface area contributed by atoms with Gasteiger partial charge in [-0.1, -0.05) is 6.07 Å². The van der Waals surface area contributed by atoms with Crippen molar-refractivity contribution in [1.29, 1.82) is 0 Å². The van der Waals surface area contributed by atoms with Crippen LogP contribution in [0, 0.1) is 0 Å². The van der Waals surface area contributed by atoms with Crippen LogP contribution in [0.5, 0.6) is 0 Å². The van der Waals surface area contributed by atoms with Gasteiger partial charge in [0.15, 0.2) is 5.65 Å². The van der Waals surface area contributed by atoms with E-state index in [4.69, 9.17) is 0 Å². The number of hydrogen-bond donors (Lipinski definition) is 1. The number of nitrogens with zero attached hydrogens (tertiary/aromatic N) is 5. The van der Waals surface area contributed by atoms with Crippen LogP contribution >= 0.6 is 0 Å². The fourth-order valence-corrected chi connectivity index (χ4v) is 3.97. The first-order chi connectivity index (χ1) is 13.6. The molecule has 7 nitrogen and oxygen atoms in total. The van der Waals surface area contributed by atoms with Crippen molar-refractivity contribution < 1.29 is 4.79 Å². The molecule has 1 fully saturated rings. The normalized spacial score (nSPS) is 16.9. The summed E-state index contributed by atoms with van der Waals surface area (Å²) in [6.07, 6.45) is 4.52. The summed E-state index contributed by atoms with van der Waals surface area (Å²) >= 11 is 0. The zero-order valence-electron chi connectivity index (χ0n) is 16.0. The minimum atomic E-state index is 0.0440. The molecule has 142 valence electrons. The summed E-state index contributed by atoms with van der Waals surface area (Å²) < 4.78 is 2.09. The molecule has 1 aromatic carbocycles. The molecule has 0 saturated carbocycles. The Morgan fingerprint density at radius 2 is 2.11 bits per heavy atom. The number of imidazole rings is 1. The van der Waals surface area contributed by atoms with Crippen molar-refractivity contribution in [2.45, 2.75) is 12.5 Å². The summed E-state index contributed by atoms with van der Waals surface area (Å²) in [6, 6.07) is 12.2. The fourth-order valence-electron chi connectivity index (χ4n) is 3.97. The van der Waals surface area contributed by atoms with Gasteiger partial charge in [0.1, 0.15) is 11.2 Å². The van der Waals surface area contributed by atoms with E-state index in [-0.39, 0.29) is 11.9 Å². The molecule has 0 spiro atoms. The number of carbonyl (C=O) groups excluding carboxylic acids is 1. The van der Waals surface area contributed by atoms with Crippen LogP contribution in [-0.4, -0.2) is 57.5 Å². The molecule has 1 N–H and O–H groups in total. The summed E-state index contributed by atoms with van der Waals surface area (Å²) in [4.78, 5) is 29.2. The van der Waals surface area contributed by atoms with Gasteiger partial charge in [-0.25, -0.2) is 9.97 Å². The quantitative estimate of drug-likeness (QED) is 0.598. The molecular formula is C21H22N6O. The highest BCUT2D eigenvalue weighted by atomic mass is 16.2. The number of anilines is 1. The van der Waals surface area contributed by atoms with Crippen LogP contribution in [0.15, 0.2) is 48.9 Å². The maximum Gasteiger partial charge on any atom is 0.270 e. The Kier molecular flexibility index (Phi) is 3.82. The largest absolute Gasteiger partial charge is 0.378 e. The number of carbonyl (C=O) groups is 1. The molecule has 28 heavy (non-hydrogen) atoms. The van der Waals surface area contributed by atoms with E-state index in [9.17, 15) is 4.79 Å². The predicted octanol–water partition coefficient (Wildman–Crippen LogP) is 3.07. The number of amides is 1. The molecule has 3 aromatic heterocycles. The Balaban J connectivity index is 1.38. The van der Waals surface area contributed by atoms with E-state index in [0.717, 1.165) is 40.7 Å². The van der Waals surface area contributed by atoms with E-state index in [1.807, 2.05) is 49.6 Å². The highest BCUT2D eigenvalue weighted by molar-refractivity contribution is 5.98. The first kappa shape index (κ1) is 16.8. The number of likely N-dealkylation sites (tertiary alicyclic amines) is 1. The van der Waals surface area contributed by atoms with Crippen molar-refractivity contribution in [2.75, 3.05) is 32.1 Å². The third-order valence-electron chi connectivity index (χ3n) is 5.53. The van der Waals surface area contributed by atoms with Crippen molar-refractivity contribution in [2.24, 2.45) is 0 Å². The predicted molar refractivity (Wildman–Crippen MR) is 110 cm³/mol. The minimum Gasteiger partial charge on any atom is -0.378 e. The van der Waals surface area contributed by atoms with Crippen LogP contribution in [0.3, 0.4) is 0 Å². The van der Waals surface area contributed by atoms with Crippen LogP contribution in [0.4, 0.5) is 5.69 Å². The highest BCUT2D eigenvalue weighted by Crippen LogP contribution is 2.27. The molecule has 1 amide bonds. The standard InChI is InChI=1S/C21H22N6O/c1-25(2)15-6-5-14-10-19(24-18(14)11-15)21(28)26-9-7-16(12-26)27-13-23-17-4-3-8-22-20(17)27/h3-6,8,10-11,13,16,24H,7,9,12H2,1-2H3/t16-/m0/s1. The molecule has 1 atom stereocenters. The van der Waals surface area contributed by atoms with Crippen molar-refractivity contribution >= 4 is 33.7 Å². The molecule has 0 aliphatic carbocycles. The number of aromatic nitrogens is 4. The second-order valence-electron chi connectivity index (χ2n) is 7.54. The molecule has 1 aliphatic heterocycles.